The van der Waals surface area contributed by atoms with Gasteiger partial charge in [0.05, 0.1) is 4.92 Å². The lowest BCUT2D eigenvalue weighted by Crippen LogP contribution is -1.87. The molecule has 2 heterocycles. The molecule has 0 spiro atoms. The highest BCUT2D eigenvalue weighted by atomic mass is 16.6. The fraction of sp³-hybridized carbons (Fsp3) is 0. The molecule has 2 aromatic heterocycles. The van der Waals surface area contributed by atoms with E-state index in [9.17, 15) is 15.2 Å². The van der Waals surface area contributed by atoms with Crippen molar-refractivity contribution in [3.05, 3.63) is 83.0 Å². The standard InChI is InChI=1S/C19H13N5O3/c25-16-6-2-1-5-15(16)21-22-19-18(20-17-7-3-4-12-23(17)19)13-8-10-14(11-9-13)24(26)27/h1-12,25H. The molecule has 132 valence electrons. The van der Waals surface area contributed by atoms with Gasteiger partial charge in [0, 0.05) is 23.9 Å². The smallest absolute Gasteiger partial charge is 0.269 e. The van der Waals surface area contributed by atoms with Crippen molar-refractivity contribution in [1.82, 2.24) is 9.38 Å². The number of imidazole rings is 1. The fourth-order valence-electron chi connectivity index (χ4n) is 2.66. The van der Waals surface area contributed by atoms with E-state index in [1.54, 1.807) is 40.9 Å². The van der Waals surface area contributed by atoms with Crippen LogP contribution in [0.5, 0.6) is 5.75 Å². The van der Waals surface area contributed by atoms with E-state index in [1.807, 2.05) is 18.2 Å². The van der Waals surface area contributed by atoms with Crippen LogP contribution in [0, 0.1) is 10.1 Å². The van der Waals surface area contributed by atoms with Crippen LogP contribution in [0.3, 0.4) is 0 Å². The summed E-state index contributed by atoms with van der Waals surface area (Å²) in [6.07, 6.45) is 1.80. The predicted octanol–water partition coefficient (Wildman–Crippen LogP) is 5.03. The van der Waals surface area contributed by atoms with Crippen molar-refractivity contribution in [2.45, 2.75) is 0 Å². The van der Waals surface area contributed by atoms with Gasteiger partial charge in [-0.05, 0) is 36.4 Å². The number of nitro groups is 1. The number of nitrogens with zero attached hydrogens (tertiary/aromatic N) is 5. The van der Waals surface area contributed by atoms with Crippen molar-refractivity contribution in [2.75, 3.05) is 0 Å². The molecule has 8 heteroatoms. The number of nitro benzene ring substituents is 1. The van der Waals surface area contributed by atoms with E-state index in [4.69, 9.17) is 0 Å². The van der Waals surface area contributed by atoms with Crippen LogP contribution in [0.25, 0.3) is 16.9 Å². The number of hydrogen-bond acceptors (Lipinski definition) is 6. The lowest BCUT2D eigenvalue weighted by atomic mass is 10.1. The number of non-ortho nitro benzene ring substituents is 1. The van der Waals surface area contributed by atoms with Crippen LogP contribution < -0.4 is 0 Å². The lowest BCUT2D eigenvalue weighted by Gasteiger charge is -2.00. The maximum atomic E-state index is 10.9. The van der Waals surface area contributed by atoms with Crippen LogP contribution in [0.1, 0.15) is 0 Å². The summed E-state index contributed by atoms with van der Waals surface area (Å²) in [6, 6.07) is 18.2. The Hall–Kier alpha value is -4.07. The third kappa shape index (κ3) is 3.11. The Morgan fingerprint density at radius 1 is 0.963 bits per heavy atom. The van der Waals surface area contributed by atoms with Crippen LogP contribution in [-0.2, 0) is 0 Å². The second-order valence-electron chi connectivity index (χ2n) is 5.71. The summed E-state index contributed by atoms with van der Waals surface area (Å²) in [7, 11) is 0. The predicted molar refractivity (Wildman–Crippen MR) is 99.6 cm³/mol. The molecule has 0 radical (unpaired) electrons. The van der Waals surface area contributed by atoms with E-state index in [1.165, 1.54) is 18.2 Å². The minimum absolute atomic E-state index is 0.0000941. The molecular weight excluding hydrogens is 346 g/mol. The first kappa shape index (κ1) is 16.4. The highest BCUT2D eigenvalue weighted by molar-refractivity contribution is 5.75. The van der Waals surface area contributed by atoms with E-state index in [-0.39, 0.29) is 11.4 Å². The van der Waals surface area contributed by atoms with E-state index in [0.29, 0.717) is 28.4 Å². The minimum atomic E-state index is -0.452. The van der Waals surface area contributed by atoms with Gasteiger partial charge in [-0.2, -0.15) is 0 Å². The molecule has 8 nitrogen and oxygen atoms in total. The zero-order valence-electron chi connectivity index (χ0n) is 13.9. The zero-order valence-corrected chi connectivity index (χ0v) is 13.9. The molecule has 0 saturated carbocycles. The summed E-state index contributed by atoms with van der Waals surface area (Å²) < 4.78 is 1.76. The number of phenols is 1. The van der Waals surface area contributed by atoms with Crippen molar-refractivity contribution in [3.8, 4) is 17.0 Å². The summed E-state index contributed by atoms with van der Waals surface area (Å²) in [5.41, 5.74) is 2.21. The highest BCUT2D eigenvalue weighted by Crippen LogP contribution is 2.34. The molecule has 0 bridgehead atoms. The maximum absolute atomic E-state index is 10.9. The Kier molecular flexibility index (Phi) is 4.06. The van der Waals surface area contributed by atoms with Crippen molar-refractivity contribution in [2.24, 2.45) is 10.2 Å². The SMILES string of the molecule is O=[N+]([O-])c1ccc(-c2nc3ccccn3c2N=Nc2ccccc2O)cc1. The molecule has 2 aromatic carbocycles. The average Bonchev–Trinajstić information content (AvgIpc) is 3.06. The van der Waals surface area contributed by atoms with Gasteiger partial charge in [0.25, 0.3) is 5.69 Å². The Morgan fingerprint density at radius 3 is 2.44 bits per heavy atom. The number of fused-ring (bicyclic) bond motifs is 1. The van der Waals surface area contributed by atoms with Gasteiger partial charge in [0.1, 0.15) is 22.8 Å². The normalized spacial score (nSPS) is 11.3. The fourth-order valence-corrected chi connectivity index (χ4v) is 2.66. The molecule has 4 aromatic rings. The second-order valence-corrected chi connectivity index (χ2v) is 5.71. The van der Waals surface area contributed by atoms with Gasteiger partial charge < -0.3 is 5.11 Å². The number of pyridine rings is 1. The van der Waals surface area contributed by atoms with E-state index in [0.717, 1.165) is 0 Å². The van der Waals surface area contributed by atoms with Gasteiger partial charge in [-0.15, -0.1) is 10.2 Å². The molecule has 0 aliphatic heterocycles. The second kappa shape index (κ2) is 6.68. The number of para-hydroxylation sites is 1. The Bertz CT molecular complexity index is 1170. The van der Waals surface area contributed by atoms with Crippen molar-refractivity contribution in [1.29, 1.82) is 0 Å². The van der Waals surface area contributed by atoms with Gasteiger partial charge in [-0.25, -0.2) is 4.98 Å². The summed E-state index contributed by atoms with van der Waals surface area (Å²) in [5.74, 6) is 0.481. The van der Waals surface area contributed by atoms with E-state index >= 15 is 0 Å². The molecule has 0 unspecified atom stereocenters. The van der Waals surface area contributed by atoms with E-state index in [2.05, 4.69) is 15.2 Å². The molecule has 0 aliphatic rings. The maximum Gasteiger partial charge on any atom is 0.269 e. The topological polar surface area (TPSA) is 105 Å². The molecule has 27 heavy (non-hydrogen) atoms. The molecule has 1 N–H and O–H groups in total. The molecule has 0 amide bonds. The van der Waals surface area contributed by atoms with Gasteiger partial charge in [0.15, 0.2) is 5.82 Å². The van der Waals surface area contributed by atoms with Crippen LogP contribution >= 0.6 is 0 Å². The summed E-state index contributed by atoms with van der Waals surface area (Å²) in [5, 5.41) is 29.2. The molecule has 0 fully saturated rings. The first-order valence-corrected chi connectivity index (χ1v) is 8.05. The van der Waals surface area contributed by atoms with Crippen molar-refractivity contribution < 1.29 is 10.0 Å². The van der Waals surface area contributed by atoms with Crippen molar-refractivity contribution in [3.63, 3.8) is 0 Å². The van der Waals surface area contributed by atoms with Gasteiger partial charge >= 0.3 is 0 Å². The Labute approximate surface area is 153 Å². The first-order valence-electron chi connectivity index (χ1n) is 8.05. The highest BCUT2D eigenvalue weighted by Gasteiger charge is 2.15. The average molecular weight is 359 g/mol. The van der Waals surface area contributed by atoms with Crippen LogP contribution in [0.2, 0.25) is 0 Å². The number of phenolic OH excluding ortho intramolecular Hbond substituents is 1. The van der Waals surface area contributed by atoms with Crippen LogP contribution in [0.15, 0.2) is 83.2 Å². The summed E-state index contributed by atoms with van der Waals surface area (Å²) in [4.78, 5) is 15.0. The quantitative estimate of drug-likeness (QED) is 0.313. The molecular formula is C19H13N5O3. The number of rotatable bonds is 4. The van der Waals surface area contributed by atoms with Gasteiger partial charge in [-0.1, -0.05) is 18.2 Å². The third-order valence-electron chi connectivity index (χ3n) is 3.99. The molecule has 4 rings (SSSR count). The Balaban J connectivity index is 1.84. The van der Waals surface area contributed by atoms with Crippen LogP contribution in [0.4, 0.5) is 17.2 Å². The monoisotopic (exact) mass is 359 g/mol. The number of aromatic hydroxyl groups is 1. The molecule has 0 saturated heterocycles. The number of benzene rings is 2. The lowest BCUT2D eigenvalue weighted by molar-refractivity contribution is -0.384. The van der Waals surface area contributed by atoms with Gasteiger partial charge in [0.2, 0.25) is 0 Å². The number of hydrogen-bond donors (Lipinski definition) is 1. The van der Waals surface area contributed by atoms with Gasteiger partial charge in [-0.3, -0.25) is 14.5 Å². The Morgan fingerprint density at radius 2 is 1.70 bits per heavy atom. The number of aromatic nitrogens is 2. The summed E-state index contributed by atoms with van der Waals surface area (Å²) in [6.45, 7) is 0. The number of azo groups is 1. The summed E-state index contributed by atoms with van der Waals surface area (Å²) >= 11 is 0. The zero-order chi connectivity index (χ0) is 18.8. The van der Waals surface area contributed by atoms with E-state index < -0.39 is 4.92 Å². The largest absolute Gasteiger partial charge is 0.506 e. The molecule has 0 aliphatic carbocycles. The minimum Gasteiger partial charge on any atom is -0.506 e. The van der Waals surface area contributed by atoms with Crippen LogP contribution in [-0.4, -0.2) is 19.4 Å². The third-order valence-corrected chi connectivity index (χ3v) is 3.99. The van der Waals surface area contributed by atoms with Crippen molar-refractivity contribution >= 4 is 22.8 Å². The first-order chi connectivity index (χ1) is 13.1. The molecule has 0 atom stereocenters.